The van der Waals surface area contributed by atoms with Gasteiger partial charge in [0.15, 0.2) is 0 Å². The molecule has 1 saturated heterocycles. The van der Waals surface area contributed by atoms with Crippen LogP contribution in [0.4, 0.5) is 0 Å². The molecule has 4 radical (unpaired) electrons. The Morgan fingerprint density at radius 2 is 1.08 bits per heavy atom. The van der Waals surface area contributed by atoms with Crippen molar-refractivity contribution in [3.8, 4) is 0 Å². The van der Waals surface area contributed by atoms with E-state index < -0.39 is 92.2 Å². The molecule has 2 aliphatic rings. The summed E-state index contributed by atoms with van der Waals surface area (Å²) in [5, 5.41) is 0. The number of rotatable bonds is 18. The fourth-order valence-corrected chi connectivity index (χ4v) is 78.9. The van der Waals surface area contributed by atoms with Crippen molar-refractivity contribution in [3.05, 3.63) is 65.0 Å². The molecule has 0 N–H and O–H groups in total. The van der Waals surface area contributed by atoms with Gasteiger partial charge in [0, 0.05) is 0 Å². The first-order valence-electron chi connectivity index (χ1n) is 25.6. The third-order valence-electron chi connectivity index (χ3n) is 13.4. The molecule has 1 aromatic rings. The van der Waals surface area contributed by atoms with Crippen molar-refractivity contribution in [2.24, 2.45) is 17.6 Å². The van der Waals surface area contributed by atoms with Crippen LogP contribution in [0.25, 0.3) is 0 Å². The van der Waals surface area contributed by atoms with E-state index >= 15 is 0 Å². The Hall–Kier alpha value is 1.04. The van der Waals surface area contributed by atoms with E-state index in [9.17, 15) is 0 Å². The predicted octanol–water partition coefficient (Wildman–Crippen LogP) is 18.4. The van der Waals surface area contributed by atoms with Crippen LogP contribution in [0.1, 0.15) is 122 Å². The summed E-state index contributed by atoms with van der Waals surface area (Å²) in [4.78, 5) is 6.26. The van der Waals surface area contributed by atoms with Crippen molar-refractivity contribution in [1.29, 1.82) is 0 Å². The summed E-state index contributed by atoms with van der Waals surface area (Å²) in [5.41, 5.74) is 9.60. The molecule has 2 aliphatic heterocycles. The van der Waals surface area contributed by atoms with Gasteiger partial charge in [0.05, 0.1) is 0 Å². The van der Waals surface area contributed by atoms with E-state index in [2.05, 4.69) is 235 Å². The van der Waals surface area contributed by atoms with Gasteiger partial charge in [-0.3, -0.25) is 0 Å². The third-order valence-corrected chi connectivity index (χ3v) is 63.0. The Labute approximate surface area is 428 Å². The Bertz CT molecular complexity index is 2150. The van der Waals surface area contributed by atoms with Crippen LogP contribution in [-0.4, -0.2) is 123 Å². The van der Waals surface area contributed by atoms with Gasteiger partial charge in [-0.2, -0.15) is 0 Å². The van der Waals surface area contributed by atoms with Crippen LogP contribution in [0.15, 0.2) is 71.3 Å². The molecule has 6 nitrogen and oxygen atoms in total. The zero-order valence-corrected chi connectivity index (χ0v) is 59.7. The standard InChI is InChI=1S/C50H102Ge2N6P4Si4/c1-37(2)59(38(3)4,54-63(17,18)19)35-45-31-29-34-48(53-45)50(62(43(13)14,44(15)16)57-66(26,27)28)51-49(61(41(9)10,42(11)12)56-65(23,24)25)47-33-30-32-46(58(47)52-50)36-60(39(5)6,40(7)8)55-64(20,21)22/h29-34,36-44,49H,35H2,1-28H3. The van der Waals surface area contributed by atoms with E-state index in [1.54, 1.807) is 5.70 Å². The van der Waals surface area contributed by atoms with Gasteiger partial charge in [-0.25, -0.2) is 0 Å². The van der Waals surface area contributed by atoms with Gasteiger partial charge in [-0.15, -0.1) is 0 Å². The topological polar surface area (TPSA) is 65.6 Å². The van der Waals surface area contributed by atoms with Gasteiger partial charge in [-0.1, -0.05) is 0 Å². The molecule has 0 amide bonds. The van der Waals surface area contributed by atoms with Crippen LogP contribution in [0, 0.1) is 0 Å². The zero-order valence-electron chi connectivity index (χ0n) is 47.9. The maximum absolute atomic E-state index is 6.61. The van der Waals surface area contributed by atoms with E-state index in [4.69, 9.17) is 22.6 Å². The summed E-state index contributed by atoms with van der Waals surface area (Å²) in [6.07, 6.45) is 8.57. The molecule has 2 unspecified atom stereocenters. The van der Waals surface area contributed by atoms with Crippen molar-refractivity contribution >= 4 is 92.2 Å². The molecular weight excluding hydrogens is 1070 g/mol. The van der Waals surface area contributed by atoms with Gasteiger partial charge in [0.1, 0.15) is 0 Å². The SMILES string of the molecule is CC(C)P(C=C1C=CC=C2[CH](P(=N[Si](C)(C)C)(C(C)C)C(C)C)[Ge][C](c3cccc(CP(=N[Si](C)(C)C)(C(C)C)C(C)C)n3)(P(=N[Si](C)(C)C)(C(C)C)C(C)C)[Ge][N]12)(=N[Si](C)(C)C)C(C)C. The number of pyridine rings is 1. The number of hydrogen-bond acceptors (Lipinski definition) is 6. The van der Waals surface area contributed by atoms with E-state index in [1.807, 2.05) is 0 Å². The molecule has 3 heterocycles. The molecule has 0 aliphatic carbocycles. The van der Waals surface area contributed by atoms with Gasteiger partial charge >= 0.3 is 432 Å². The Balaban J connectivity index is 2.91. The molecular formula is C50H102Ge2N6P4Si4. The Morgan fingerprint density at radius 3 is 1.47 bits per heavy atom. The van der Waals surface area contributed by atoms with Crippen molar-refractivity contribution in [3.63, 3.8) is 0 Å². The molecule has 16 heteroatoms. The number of hydrogen-bond donors (Lipinski definition) is 0. The van der Waals surface area contributed by atoms with Crippen LogP contribution in [0.2, 0.25) is 78.6 Å². The molecule has 2 atom stereocenters. The maximum atomic E-state index is 6.61. The normalized spacial score (nSPS) is 20.5. The second kappa shape index (κ2) is 22.3. The molecule has 1 aromatic heterocycles. The number of allylic oxidation sites excluding steroid dienone is 4. The molecule has 3 rings (SSSR count). The molecule has 376 valence electrons. The van der Waals surface area contributed by atoms with Gasteiger partial charge in [0.2, 0.25) is 0 Å². The minimum absolute atomic E-state index is 0.0682. The summed E-state index contributed by atoms with van der Waals surface area (Å²) in [6.45, 7) is 70.3. The molecule has 0 bridgehead atoms. The van der Waals surface area contributed by atoms with Crippen LogP contribution >= 0.6 is 28.2 Å². The van der Waals surface area contributed by atoms with Crippen LogP contribution < -0.4 is 0 Å². The average molecular weight is 1170 g/mol. The monoisotopic (exact) mass is 1170 g/mol. The van der Waals surface area contributed by atoms with Crippen LogP contribution in [0.5, 0.6) is 0 Å². The quantitative estimate of drug-likeness (QED) is 0.109. The third kappa shape index (κ3) is 13.2. The summed E-state index contributed by atoms with van der Waals surface area (Å²) < 4.78 is 28.5. The number of nitrogens with zero attached hydrogens (tertiary/aromatic N) is 6. The predicted molar refractivity (Wildman–Crippen MR) is 324 cm³/mol. The first-order chi connectivity index (χ1) is 29.7. The van der Waals surface area contributed by atoms with Crippen molar-refractivity contribution in [2.75, 3.05) is 0 Å². The van der Waals surface area contributed by atoms with Gasteiger partial charge in [-0.05, 0) is 0 Å². The van der Waals surface area contributed by atoms with Crippen LogP contribution in [-0.2, 0) is 8.98 Å². The first kappa shape index (κ1) is 61.3. The average Bonchev–Trinajstić information content (AvgIpc) is 3.12. The van der Waals surface area contributed by atoms with Crippen LogP contribution in [0.3, 0.4) is 0 Å². The fraction of sp³-hybridized carbons (Fsp3) is 0.780. The van der Waals surface area contributed by atoms with E-state index in [0.29, 0.717) is 49.8 Å². The second-order valence-electron chi connectivity index (χ2n) is 25.9. The van der Waals surface area contributed by atoms with Crippen molar-refractivity contribution in [1.82, 2.24) is 8.84 Å². The van der Waals surface area contributed by atoms with Gasteiger partial charge in [0.25, 0.3) is 0 Å². The van der Waals surface area contributed by atoms with E-state index in [1.165, 1.54) is 17.1 Å². The second-order valence-corrected chi connectivity index (χ2v) is 74.3. The summed E-state index contributed by atoms with van der Waals surface area (Å²) in [5.74, 6) is 2.81. The van der Waals surface area contributed by atoms with Gasteiger partial charge < -0.3 is 0 Å². The molecule has 0 spiro atoms. The number of fused-ring (bicyclic) bond motifs is 1. The van der Waals surface area contributed by atoms with Crippen molar-refractivity contribution < 1.29 is 0 Å². The number of aromatic nitrogens is 1. The van der Waals surface area contributed by atoms with Crippen molar-refractivity contribution in [2.45, 2.75) is 248 Å². The molecule has 0 saturated carbocycles. The van der Waals surface area contributed by atoms with E-state index in [0.717, 1.165) is 6.16 Å². The zero-order chi connectivity index (χ0) is 51.2. The molecule has 0 aromatic carbocycles. The summed E-state index contributed by atoms with van der Waals surface area (Å²) in [7, 11) is -15.3. The Morgan fingerprint density at radius 1 is 0.606 bits per heavy atom. The first-order valence-corrected chi connectivity index (χ1v) is 51.5. The minimum atomic E-state index is -2.18. The van der Waals surface area contributed by atoms with E-state index in [-0.39, 0.29) is 2.82 Å². The summed E-state index contributed by atoms with van der Waals surface area (Å²) >= 11 is -1.76. The summed E-state index contributed by atoms with van der Waals surface area (Å²) in [6, 6.07) is 7.39. The Kier molecular flexibility index (Phi) is 20.7. The molecule has 1 fully saturated rings. The molecule has 66 heavy (non-hydrogen) atoms. The fourth-order valence-electron chi connectivity index (χ4n) is 11.1.